The van der Waals surface area contributed by atoms with Gasteiger partial charge in [-0.05, 0) is 49.1 Å². The Morgan fingerprint density at radius 3 is 2.97 bits per heavy atom. The topological polar surface area (TPSA) is 80.2 Å². The summed E-state index contributed by atoms with van der Waals surface area (Å²) in [6.45, 7) is 0.539. The van der Waals surface area contributed by atoms with Gasteiger partial charge in [0, 0.05) is 12.3 Å². The number of aliphatic imine (C=N–C) groups is 1. The van der Waals surface area contributed by atoms with Crippen molar-refractivity contribution >= 4 is 28.9 Å². The maximum atomic E-state index is 13.2. The van der Waals surface area contributed by atoms with Crippen LogP contribution < -0.4 is 19.7 Å². The van der Waals surface area contributed by atoms with E-state index in [-0.39, 0.29) is 31.1 Å². The molecule has 2 aliphatic heterocycles. The fraction of sp³-hybridized carbons (Fsp3) is 0.318. The van der Waals surface area contributed by atoms with Gasteiger partial charge < -0.3 is 19.7 Å². The Morgan fingerprint density at radius 1 is 1.17 bits per heavy atom. The smallest absolute Gasteiger partial charge is 0.240 e. The second-order valence-electron chi connectivity index (χ2n) is 7.43. The molecular weight excluding hydrogens is 370 g/mol. The van der Waals surface area contributed by atoms with Crippen molar-refractivity contribution in [2.75, 3.05) is 18.2 Å². The van der Waals surface area contributed by atoms with Crippen molar-refractivity contribution in [3.63, 3.8) is 0 Å². The van der Waals surface area contributed by atoms with E-state index in [9.17, 15) is 9.59 Å². The lowest BCUT2D eigenvalue weighted by molar-refractivity contribution is -0.124. The average Bonchev–Trinajstić information content (AvgIpc) is 3.37. The molecule has 2 aromatic rings. The molecule has 3 aliphatic rings. The van der Waals surface area contributed by atoms with Gasteiger partial charge in [0.25, 0.3) is 0 Å². The monoisotopic (exact) mass is 391 g/mol. The number of nitrogens with one attached hydrogen (secondary N) is 1. The lowest BCUT2D eigenvalue weighted by Crippen LogP contribution is -2.43. The van der Waals surface area contributed by atoms with Crippen LogP contribution in [0.5, 0.6) is 11.5 Å². The van der Waals surface area contributed by atoms with Gasteiger partial charge in [-0.15, -0.1) is 0 Å². The highest BCUT2D eigenvalue weighted by atomic mass is 16.7. The summed E-state index contributed by atoms with van der Waals surface area (Å²) in [6.07, 6.45) is 2.59. The molecule has 1 aliphatic carbocycles. The number of fused-ring (bicyclic) bond motifs is 3. The van der Waals surface area contributed by atoms with E-state index in [4.69, 9.17) is 14.5 Å². The third-order valence-corrected chi connectivity index (χ3v) is 5.56. The normalized spacial score (nSPS) is 19.3. The van der Waals surface area contributed by atoms with Crippen molar-refractivity contribution in [3.8, 4) is 11.5 Å². The summed E-state index contributed by atoms with van der Waals surface area (Å²) in [5, 5.41) is 2.90. The zero-order valence-electron chi connectivity index (χ0n) is 15.9. The number of rotatable bonds is 4. The fourth-order valence-corrected chi connectivity index (χ4v) is 4.09. The Balaban J connectivity index is 1.31. The van der Waals surface area contributed by atoms with E-state index in [0.717, 1.165) is 36.2 Å². The first kappa shape index (κ1) is 17.7. The molecule has 148 valence electrons. The molecule has 1 fully saturated rings. The van der Waals surface area contributed by atoms with Gasteiger partial charge in [0.2, 0.25) is 18.6 Å². The fourth-order valence-electron chi connectivity index (χ4n) is 4.09. The summed E-state index contributed by atoms with van der Waals surface area (Å²) in [6, 6.07) is 13.1. The van der Waals surface area contributed by atoms with Crippen LogP contribution >= 0.6 is 0 Å². The molecular formula is C22H21N3O4. The number of amides is 2. The summed E-state index contributed by atoms with van der Waals surface area (Å²) >= 11 is 0. The Labute approximate surface area is 168 Å². The Bertz CT molecular complexity index is 1020. The predicted octanol–water partition coefficient (Wildman–Crippen LogP) is 2.95. The summed E-state index contributed by atoms with van der Waals surface area (Å²) in [5.74, 6) is 0.916. The number of hydrogen-bond acceptors (Lipinski definition) is 5. The molecule has 0 radical (unpaired) electrons. The van der Waals surface area contributed by atoms with Gasteiger partial charge in [0.15, 0.2) is 11.5 Å². The Hall–Kier alpha value is -3.35. The molecule has 0 aromatic heterocycles. The summed E-state index contributed by atoms with van der Waals surface area (Å²) in [4.78, 5) is 32.2. The highest BCUT2D eigenvalue weighted by Crippen LogP contribution is 2.37. The highest BCUT2D eigenvalue weighted by molar-refractivity contribution is 6.16. The number of anilines is 1. The Kier molecular flexibility index (Phi) is 4.42. The molecule has 1 N–H and O–H groups in total. The van der Waals surface area contributed by atoms with Crippen LogP contribution in [0.3, 0.4) is 0 Å². The molecule has 0 spiro atoms. The molecule has 2 heterocycles. The average molecular weight is 391 g/mol. The van der Waals surface area contributed by atoms with E-state index in [1.54, 1.807) is 4.90 Å². The van der Waals surface area contributed by atoms with E-state index in [0.29, 0.717) is 23.7 Å². The van der Waals surface area contributed by atoms with E-state index in [2.05, 4.69) is 5.32 Å². The largest absolute Gasteiger partial charge is 0.454 e. The first-order chi connectivity index (χ1) is 14.2. The Morgan fingerprint density at radius 2 is 2.03 bits per heavy atom. The van der Waals surface area contributed by atoms with Gasteiger partial charge in [0.1, 0.15) is 6.54 Å². The van der Waals surface area contributed by atoms with Gasteiger partial charge in [-0.1, -0.05) is 18.2 Å². The van der Waals surface area contributed by atoms with Crippen LogP contribution in [0.25, 0.3) is 0 Å². The van der Waals surface area contributed by atoms with E-state index >= 15 is 0 Å². The van der Waals surface area contributed by atoms with Crippen molar-refractivity contribution in [1.82, 2.24) is 5.32 Å². The highest BCUT2D eigenvalue weighted by Gasteiger charge is 2.37. The van der Waals surface area contributed by atoms with Gasteiger partial charge in [0.05, 0.1) is 17.3 Å². The molecule has 1 atom stereocenters. The molecule has 1 saturated carbocycles. The SMILES string of the molecule is O=C(CN1C(=O)C2CCCC2=Nc2ccccc21)NCc1ccc2c(c1)OCO2. The minimum atomic E-state index is -0.218. The molecule has 1 unspecified atom stereocenters. The van der Waals surface area contributed by atoms with Crippen LogP contribution in [0.15, 0.2) is 47.5 Å². The van der Waals surface area contributed by atoms with Crippen molar-refractivity contribution in [2.45, 2.75) is 25.8 Å². The predicted molar refractivity (Wildman–Crippen MR) is 108 cm³/mol. The van der Waals surface area contributed by atoms with Crippen LogP contribution in [-0.2, 0) is 16.1 Å². The number of nitrogens with zero attached hydrogens (tertiary/aromatic N) is 2. The van der Waals surface area contributed by atoms with Crippen LogP contribution in [-0.4, -0.2) is 30.9 Å². The number of ether oxygens (including phenoxy) is 2. The molecule has 5 rings (SSSR count). The second-order valence-corrected chi connectivity index (χ2v) is 7.43. The molecule has 7 nitrogen and oxygen atoms in total. The second kappa shape index (κ2) is 7.24. The number of para-hydroxylation sites is 2. The molecule has 2 aromatic carbocycles. The van der Waals surface area contributed by atoms with Crippen LogP contribution in [0.1, 0.15) is 24.8 Å². The van der Waals surface area contributed by atoms with E-state index < -0.39 is 0 Å². The first-order valence-electron chi connectivity index (χ1n) is 9.82. The lowest BCUT2D eigenvalue weighted by Gasteiger charge is -2.24. The maximum Gasteiger partial charge on any atom is 0.240 e. The molecule has 2 amide bonds. The van der Waals surface area contributed by atoms with Crippen LogP contribution in [0.2, 0.25) is 0 Å². The van der Waals surface area contributed by atoms with Crippen LogP contribution in [0.4, 0.5) is 11.4 Å². The quantitative estimate of drug-likeness (QED) is 0.869. The minimum absolute atomic E-state index is 0.0281. The molecule has 0 saturated heterocycles. The third-order valence-electron chi connectivity index (χ3n) is 5.56. The molecule has 0 bridgehead atoms. The van der Waals surface area contributed by atoms with Crippen molar-refractivity contribution in [1.29, 1.82) is 0 Å². The number of carbonyl (C=O) groups is 2. The molecule has 7 heteroatoms. The zero-order valence-corrected chi connectivity index (χ0v) is 15.9. The van der Waals surface area contributed by atoms with Crippen molar-refractivity contribution < 1.29 is 19.1 Å². The summed E-state index contributed by atoms with van der Waals surface area (Å²) in [5.41, 5.74) is 3.29. The van der Waals surface area contributed by atoms with Crippen molar-refractivity contribution in [3.05, 3.63) is 48.0 Å². The van der Waals surface area contributed by atoms with Crippen molar-refractivity contribution in [2.24, 2.45) is 10.9 Å². The summed E-state index contributed by atoms with van der Waals surface area (Å²) in [7, 11) is 0. The zero-order chi connectivity index (χ0) is 19.8. The van der Waals surface area contributed by atoms with Gasteiger partial charge in [-0.2, -0.15) is 0 Å². The summed E-state index contributed by atoms with van der Waals surface area (Å²) < 4.78 is 10.7. The van der Waals surface area contributed by atoms with Gasteiger partial charge in [-0.25, -0.2) is 0 Å². The van der Waals surface area contributed by atoms with Crippen LogP contribution in [0, 0.1) is 5.92 Å². The van der Waals surface area contributed by atoms with Gasteiger partial charge >= 0.3 is 0 Å². The third kappa shape index (κ3) is 3.33. The van der Waals surface area contributed by atoms with Gasteiger partial charge in [-0.3, -0.25) is 14.6 Å². The van der Waals surface area contributed by atoms with E-state index in [1.807, 2.05) is 42.5 Å². The lowest BCUT2D eigenvalue weighted by atomic mass is 10.1. The standard InChI is InChI=1S/C22H21N3O4/c26-21(23-11-14-8-9-19-20(10-14)29-13-28-19)12-25-18-7-2-1-5-17(18)24-16-6-3-4-15(16)22(25)27/h1-2,5,7-10,15H,3-4,6,11-13H2,(H,23,26). The van der Waals surface area contributed by atoms with E-state index in [1.165, 1.54) is 0 Å². The minimum Gasteiger partial charge on any atom is -0.454 e. The number of hydrogen-bond donors (Lipinski definition) is 1. The number of carbonyl (C=O) groups excluding carboxylic acids is 2. The first-order valence-corrected chi connectivity index (χ1v) is 9.82. The maximum absolute atomic E-state index is 13.2. The molecule has 29 heavy (non-hydrogen) atoms. The number of benzene rings is 2.